The van der Waals surface area contributed by atoms with E-state index in [0.29, 0.717) is 28.5 Å². The molecule has 0 bridgehead atoms. The van der Waals surface area contributed by atoms with Gasteiger partial charge in [-0.3, -0.25) is 0 Å². The van der Waals surface area contributed by atoms with Gasteiger partial charge in [-0.05, 0) is 56.7 Å². The van der Waals surface area contributed by atoms with Gasteiger partial charge in [0, 0.05) is 23.0 Å². The van der Waals surface area contributed by atoms with Gasteiger partial charge in [-0.15, -0.1) is 0 Å². The smallest absolute Gasteiger partial charge is 0.261 e. The van der Waals surface area contributed by atoms with Crippen LogP contribution in [0.25, 0.3) is 22.5 Å². The van der Waals surface area contributed by atoms with E-state index < -0.39 is 0 Å². The lowest BCUT2D eigenvalue weighted by Crippen LogP contribution is -1.99. The lowest BCUT2D eigenvalue weighted by molar-refractivity contribution is 0.425. The fourth-order valence-electron chi connectivity index (χ4n) is 2.74. The Labute approximate surface area is 149 Å². The van der Waals surface area contributed by atoms with Crippen LogP contribution in [0.5, 0.6) is 0 Å². The summed E-state index contributed by atoms with van der Waals surface area (Å²) in [5.74, 6) is 0.643. The number of pyridine rings is 2. The third-order valence-electron chi connectivity index (χ3n) is 4.05. The van der Waals surface area contributed by atoms with E-state index in [2.05, 4.69) is 25.4 Å². The summed E-state index contributed by atoms with van der Waals surface area (Å²) in [6.45, 7) is 5.38. The molecule has 0 amide bonds. The first-order chi connectivity index (χ1) is 12.5. The van der Waals surface area contributed by atoms with E-state index >= 15 is 0 Å². The predicted molar refractivity (Wildman–Crippen MR) is 96.7 cm³/mol. The van der Waals surface area contributed by atoms with Crippen molar-refractivity contribution in [2.45, 2.75) is 20.8 Å². The summed E-state index contributed by atoms with van der Waals surface area (Å²) in [5.41, 5.74) is 4.16. The molecule has 0 saturated heterocycles. The molecule has 0 spiro atoms. The van der Waals surface area contributed by atoms with Gasteiger partial charge < -0.3 is 9.84 Å². The van der Waals surface area contributed by atoms with Gasteiger partial charge in [0.15, 0.2) is 11.5 Å². The molecule has 130 valence electrons. The SMILES string of the molecule is Cc1ccc2c(Nc3ccc(F)c(C)c3)c(-c3nc(C)no3)cnc2n1. The summed E-state index contributed by atoms with van der Waals surface area (Å²) in [4.78, 5) is 13.2. The first-order valence-electron chi connectivity index (χ1n) is 8.11. The van der Waals surface area contributed by atoms with Crippen LogP contribution in [0.2, 0.25) is 0 Å². The number of hydrogen-bond donors (Lipinski definition) is 1. The first kappa shape index (κ1) is 16.1. The molecule has 0 radical (unpaired) electrons. The molecule has 7 heteroatoms. The minimum atomic E-state index is -0.250. The number of benzene rings is 1. The molecule has 0 aliphatic rings. The van der Waals surface area contributed by atoms with E-state index in [1.165, 1.54) is 6.07 Å². The van der Waals surface area contributed by atoms with Crippen molar-refractivity contribution in [3.8, 4) is 11.5 Å². The van der Waals surface area contributed by atoms with E-state index in [0.717, 1.165) is 22.5 Å². The molecule has 4 aromatic rings. The van der Waals surface area contributed by atoms with Crippen LogP contribution in [0.4, 0.5) is 15.8 Å². The topological polar surface area (TPSA) is 76.7 Å². The number of rotatable bonds is 3. The second-order valence-corrected chi connectivity index (χ2v) is 6.11. The lowest BCUT2D eigenvalue weighted by atomic mass is 10.1. The van der Waals surface area contributed by atoms with Gasteiger partial charge in [-0.1, -0.05) is 5.16 Å². The van der Waals surface area contributed by atoms with Crippen molar-refractivity contribution in [2.75, 3.05) is 5.32 Å². The highest BCUT2D eigenvalue weighted by Crippen LogP contribution is 2.34. The fourth-order valence-corrected chi connectivity index (χ4v) is 2.74. The maximum absolute atomic E-state index is 13.6. The van der Waals surface area contributed by atoms with Crippen molar-refractivity contribution in [3.05, 3.63) is 59.4 Å². The summed E-state index contributed by atoms with van der Waals surface area (Å²) in [7, 11) is 0. The number of hydrogen-bond acceptors (Lipinski definition) is 6. The quantitative estimate of drug-likeness (QED) is 0.587. The summed E-state index contributed by atoms with van der Waals surface area (Å²) in [6.07, 6.45) is 1.65. The maximum Gasteiger partial charge on any atom is 0.261 e. The zero-order valence-corrected chi connectivity index (χ0v) is 14.5. The normalized spacial score (nSPS) is 11.1. The van der Waals surface area contributed by atoms with Gasteiger partial charge in [0.1, 0.15) is 5.82 Å². The van der Waals surface area contributed by atoms with Gasteiger partial charge in [-0.25, -0.2) is 14.4 Å². The second kappa shape index (κ2) is 6.18. The minimum Gasteiger partial charge on any atom is -0.354 e. The Kier molecular flexibility index (Phi) is 3.84. The molecule has 6 nitrogen and oxygen atoms in total. The van der Waals surface area contributed by atoms with E-state index in [1.807, 2.05) is 19.1 Å². The van der Waals surface area contributed by atoms with Crippen molar-refractivity contribution in [1.29, 1.82) is 0 Å². The molecule has 0 fully saturated rings. The number of fused-ring (bicyclic) bond motifs is 1. The van der Waals surface area contributed by atoms with Gasteiger partial charge in [0.2, 0.25) is 0 Å². The zero-order chi connectivity index (χ0) is 18.3. The highest BCUT2D eigenvalue weighted by Gasteiger charge is 2.17. The highest BCUT2D eigenvalue weighted by molar-refractivity contribution is 5.98. The molecule has 0 unspecified atom stereocenters. The summed E-state index contributed by atoms with van der Waals surface area (Å²) >= 11 is 0. The molecule has 4 rings (SSSR count). The Morgan fingerprint density at radius 1 is 1.04 bits per heavy atom. The largest absolute Gasteiger partial charge is 0.354 e. The Morgan fingerprint density at radius 3 is 2.62 bits per heavy atom. The molecule has 26 heavy (non-hydrogen) atoms. The Hall–Kier alpha value is -3.35. The first-order valence-corrected chi connectivity index (χ1v) is 8.11. The zero-order valence-electron chi connectivity index (χ0n) is 14.5. The number of aryl methyl sites for hydroxylation is 3. The summed E-state index contributed by atoms with van der Waals surface area (Å²) < 4.78 is 18.9. The Bertz CT molecular complexity index is 1120. The number of nitrogens with zero attached hydrogens (tertiary/aromatic N) is 4. The number of aromatic nitrogens is 4. The monoisotopic (exact) mass is 349 g/mol. The number of nitrogens with one attached hydrogen (secondary N) is 1. The summed E-state index contributed by atoms with van der Waals surface area (Å²) in [6, 6.07) is 8.70. The molecule has 1 aromatic carbocycles. The molecule has 0 aliphatic heterocycles. The fraction of sp³-hybridized carbons (Fsp3) is 0.158. The van der Waals surface area contributed by atoms with Gasteiger partial charge in [-0.2, -0.15) is 4.98 Å². The highest BCUT2D eigenvalue weighted by atomic mass is 19.1. The third kappa shape index (κ3) is 2.88. The Balaban J connectivity index is 1.92. The minimum absolute atomic E-state index is 0.250. The van der Waals surface area contributed by atoms with Crippen LogP contribution in [0.15, 0.2) is 41.1 Å². The third-order valence-corrected chi connectivity index (χ3v) is 4.05. The van der Waals surface area contributed by atoms with Crippen LogP contribution in [-0.4, -0.2) is 20.1 Å². The van der Waals surface area contributed by atoms with Crippen LogP contribution in [0, 0.1) is 26.6 Å². The van der Waals surface area contributed by atoms with Crippen LogP contribution in [0.1, 0.15) is 17.1 Å². The van der Waals surface area contributed by atoms with E-state index in [4.69, 9.17) is 4.52 Å². The molecule has 3 heterocycles. The van der Waals surface area contributed by atoms with E-state index in [1.54, 1.807) is 32.2 Å². The van der Waals surface area contributed by atoms with E-state index in [-0.39, 0.29) is 5.82 Å². The van der Waals surface area contributed by atoms with Crippen molar-refractivity contribution in [2.24, 2.45) is 0 Å². The average Bonchev–Trinajstić information content (AvgIpc) is 3.04. The van der Waals surface area contributed by atoms with Crippen molar-refractivity contribution < 1.29 is 8.91 Å². The van der Waals surface area contributed by atoms with Gasteiger partial charge >= 0.3 is 0 Å². The maximum atomic E-state index is 13.6. The van der Waals surface area contributed by atoms with Gasteiger partial charge in [0.25, 0.3) is 5.89 Å². The van der Waals surface area contributed by atoms with Crippen molar-refractivity contribution >= 4 is 22.4 Å². The molecular formula is C19H16FN5O. The average molecular weight is 349 g/mol. The van der Waals surface area contributed by atoms with Gasteiger partial charge in [0.05, 0.1) is 11.3 Å². The summed E-state index contributed by atoms with van der Waals surface area (Å²) in [5, 5.41) is 8.00. The lowest BCUT2D eigenvalue weighted by Gasteiger charge is -2.13. The second-order valence-electron chi connectivity index (χ2n) is 6.11. The van der Waals surface area contributed by atoms with Crippen LogP contribution >= 0.6 is 0 Å². The van der Waals surface area contributed by atoms with Crippen LogP contribution < -0.4 is 5.32 Å². The van der Waals surface area contributed by atoms with Crippen molar-refractivity contribution in [3.63, 3.8) is 0 Å². The number of anilines is 2. The molecule has 0 atom stereocenters. The Morgan fingerprint density at radius 2 is 1.88 bits per heavy atom. The number of halogens is 1. The predicted octanol–water partition coefficient (Wildman–Crippen LogP) is 4.49. The molecule has 0 aliphatic carbocycles. The molecule has 0 saturated carbocycles. The molecular weight excluding hydrogens is 333 g/mol. The van der Waals surface area contributed by atoms with Crippen molar-refractivity contribution in [1.82, 2.24) is 20.1 Å². The van der Waals surface area contributed by atoms with Crippen LogP contribution in [-0.2, 0) is 0 Å². The van der Waals surface area contributed by atoms with Crippen LogP contribution in [0.3, 0.4) is 0 Å². The standard InChI is InChI=1S/C19H16FN5O/c1-10-8-13(5-7-16(10)20)24-17-14-6-4-11(2)22-18(14)21-9-15(17)19-23-12(3)25-26-19/h4-9H,1-3H3,(H,21,22,24). The molecule has 1 N–H and O–H groups in total. The molecule has 3 aromatic heterocycles. The van der Waals surface area contributed by atoms with E-state index in [9.17, 15) is 4.39 Å².